The molecule has 0 spiro atoms. The van der Waals surface area contributed by atoms with Gasteiger partial charge in [0, 0.05) is 11.7 Å². The van der Waals surface area contributed by atoms with Crippen molar-refractivity contribution in [2.45, 2.75) is 32.4 Å². The summed E-state index contributed by atoms with van der Waals surface area (Å²) in [6.07, 6.45) is 0.700. The van der Waals surface area contributed by atoms with Crippen LogP contribution in [0, 0.1) is 6.92 Å². The maximum atomic E-state index is 12.4. The minimum absolute atomic E-state index is 0.0229. The highest BCUT2D eigenvalue weighted by Gasteiger charge is 2.30. The third-order valence-corrected chi connectivity index (χ3v) is 4.22. The van der Waals surface area contributed by atoms with E-state index in [0.29, 0.717) is 13.0 Å². The summed E-state index contributed by atoms with van der Waals surface area (Å²) in [5, 5.41) is 2.99. The monoisotopic (exact) mass is 325 g/mol. The third kappa shape index (κ3) is 3.75. The predicted molar refractivity (Wildman–Crippen MR) is 94.8 cm³/mol. The molecule has 1 aliphatic rings. The van der Waals surface area contributed by atoms with E-state index in [1.54, 1.807) is 0 Å². The molecule has 1 saturated heterocycles. The van der Waals surface area contributed by atoms with E-state index in [-0.39, 0.29) is 18.0 Å². The molecule has 1 amide bonds. The molecule has 0 saturated carbocycles. The van der Waals surface area contributed by atoms with Gasteiger partial charge in [0.1, 0.15) is 11.8 Å². The quantitative estimate of drug-likeness (QED) is 0.791. The van der Waals surface area contributed by atoms with Crippen molar-refractivity contribution in [1.29, 1.82) is 0 Å². The van der Waals surface area contributed by atoms with Crippen LogP contribution in [-0.4, -0.2) is 18.6 Å². The molecule has 2 unspecified atom stereocenters. The van der Waals surface area contributed by atoms with Gasteiger partial charge in [0.15, 0.2) is 0 Å². The molecule has 0 aliphatic carbocycles. The molecule has 1 fully saturated rings. The largest absolute Gasteiger partial charge is 0.494 e. The molecule has 1 heterocycles. The first-order valence-electron chi connectivity index (χ1n) is 8.27. The average molecular weight is 325 g/mol. The second-order valence-corrected chi connectivity index (χ2v) is 5.94. The topological polar surface area (TPSA) is 62.4 Å². The second kappa shape index (κ2) is 7.47. The van der Waals surface area contributed by atoms with E-state index in [4.69, 9.17) is 4.74 Å². The summed E-state index contributed by atoms with van der Waals surface area (Å²) < 4.78 is 5.46. The third-order valence-electron chi connectivity index (χ3n) is 4.22. The molecule has 24 heavy (non-hydrogen) atoms. The molecule has 0 aromatic heterocycles. The lowest BCUT2D eigenvalue weighted by atomic mass is 10.0. The molecule has 3 N–H and O–H groups in total. The van der Waals surface area contributed by atoms with Crippen molar-refractivity contribution in [3.05, 3.63) is 59.7 Å². The van der Waals surface area contributed by atoms with Crippen molar-refractivity contribution in [3.63, 3.8) is 0 Å². The van der Waals surface area contributed by atoms with E-state index >= 15 is 0 Å². The molecule has 126 valence electrons. The molecular formula is C19H23N3O2. The number of benzene rings is 2. The van der Waals surface area contributed by atoms with E-state index in [1.165, 1.54) is 0 Å². The summed E-state index contributed by atoms with van der Waals surface area (Å²) >= 11 is 0. The Bertz CT molecular complexity index is 700. The SMILES string of the molecule is CCOc1ccc(C2CC(C(=O)Nc3ccccc3C)NN2)cc1. The van der Waals surface area contributed by atoms with Crippen LogP contribution < -0.4 is 20.9 Å². The zero-order valence-electron chi connectivity index (χ0n) is 14.0. The van der Waals surface area contributed by atoms with Crippen LogP contribution in [0.1, 0.15) is 30.5 Å². The molecule has 5 heteroatoms. The summed E-state index contributed by atoms with van der Waals surface area (Å²) in [5.74, 6) is 0.839. The lowest BCUT2D eigenvalue weighted by molar-refractivity contribution is -0.117. The molecule has 1 aliphatic heterocycles. The Morgan fingerprint density at radius 1 is 1.17 bits per heavy atom. The van der Waals surface area contributed by atoms with E-state index in [2.05, 4.69) is 16.2 Å². The van der Waals surface area contributed by atoms with Crippen LogP contribution in [0.5, 0.6) is 5.75 Å². The minimum Gasteiger partial charge on any atom is -0.494 e. The number of carbonyl (C=O) groups excluding carboxylic acids is 1. The van der Waals surface area contributed by atoms with Crippen molar-refractivity contribution in [1.82, 2.24) is 10.9 Å². The van der Waals surface area contributed by atoms with Crippen LogP contribution in [-0.2, 0) is 4.79 Å². The van der Waals surface area contributed by atoms with Gasteiger partial charge in [-0.3, -0.25) is 4.79 Å². The van der Waals surface area contributed by atoms with Crippen molar-refractivity contribution in [2.75, 3.05) is 11.9 Å². The molecule has 0 bridgehead atoms. The van der Waals surface area contributed by atoms with Gasteiger partial charge in [-0.05, 0) is 49.6 Å². The number of hydrogen-bond acceptors (Lipinski definition) is 4. The highest BCUT2D eigenvalue weighted by atomic mass is 16.5. The Labute approximate surface area is 142 Å². The Hall–Kier alpha value is -2.37. The Morgan fingerprint density at radius 2 is 1.92 bits per heavy atom. The lowest BCUT2D eigenvalue weighted by Gasteiger charge is -2.12. The number of nitrogens with one attached hydrogen (secondary N) is 3. The summed E-state index contributed by atoms with van der Waals surface area (Å²) in [6, 6.07) is 15.6. The van der Waals surface area contributed by atoms with Gasteiger partial charge in [0.25, 0.3) is 0 Å². The Kier molecular flexibility index (Phi) is 5.13. The maximum absolute atomic E-state index is 12.4. The maximum Gasteiger partial charge on any atom is 0.242 e. The highest BCUT2D eigenvalue weighted by molar-refractivity contribution is 5.95. The summed E-state index contributed by atoms with van der Waals surface area (Å²) in [4.78, 5) is 12.4. The number of rotatable bonds is 5. The first-order chi connectivity index (χ1) is 11.7. The van der Waals surface area contributed by atoms with Crippen LogP contribution >= 0.6 is 0 Å². The zero-order chi connectivity index (χ0) is 16.9. The van der Waals surface area contributed by atoms with Gasteiger partial charge >= 0.3 is 0 Å². The number of carbonyl (C=O) groups is 1. The van der Waals surface area contributed by atoms with Gasteiger partial charge in [0.05, 0.1) is 6.61 Å². The minimum atomic E-state index is -0.263. The number of hydrazine groups is 1. The van der Waals surface area contributed by atoms with Crippen molar-refractivity contribution in [3.8, 4) is 5.75 Å². The molecule has 0 radical (unpaired) electrons. The zero-order valence-corrected chi connectivity index (χ0v) is 14.0. The number of ether oxygens (including phenoxy) is 1. The molecule has 2 atom stereocenters. The van der Waals surface area contributed by atoms with Gasteiger partial charge in [0.2, 0.25) is 5.91 Å². The van der Waals surface area contributed by atoms with Gasteiger partial charge in [-0.25, -0.2) is 10.9 Å². The van der Waals surface area contributed by atoms with Gasteiger partial charge in [-0.1, -0.05) is 30.3 Å². The normalized spacial score (nSPS) is 19.9. The van der Waals surface area contributed by atoms with E-state index in [1.807, 2.05) is 62.4 Å². The second-order valence-electron chi connectivity index (χ2n) is 5.94. The molecule has 3 rings (SSSR count). The fourth-order valence-electron chi connectivity index (χ4n) is 2.84. The fourth-order valence-corrected chi connectivity index (χ4v) is 2.84. The Balaban J connectivity index is 1.60. The fraction of sp³-hybridized carbons (Fsp3) is 0.316. The number of para-hydroxylation sites is 1. The standard InChI is InChI=1S/C19H23N3O2/c1-3-24-15-10-8-14(9-11-15)17-12-18(22-21-17)19(23)20-16-7-5-4-6-13(16)2/h4-11,17-18,21-22H,3,12H2,1-2H3,(H,20,23). The van der Waals surface area contributed by atoms with E-state index < -0.39 is 0 Å². The predicted octanol–water partition coefficient (Wildman–Crippen LogP) is 2.94. The molecular weight excluding hydrogens is 302 g/mol. The number of aryl methyl sites for hydroxylation is 1. The van der Waals surface area contributed by atoms with Crippen LogP contribution in [0.3, 0.4) is 0 Å². The summed E-state index contributed by atoms with van der Waals surface area (Å²) in [6.45, 7) is 4.61. The van der Waals surface area contributed by atoms with Crippen molar-refractivity contribution < 1.29 is 9.53 Å². The first kappa shape index (κ1) is 16.5. The Morgan fingerprint density at radius 3 is 2.62 bits per heavy atom. The molecule has 2 aromatic rings. The van der Waals surface area contributed by atoms with Gasteiger partial charge in [-0.15, -0.1) is 0 Å². The van der Waals surface area contributed by atoms with Crippen LogP contribution in [0.15, 0.2) is 48.5 Å². The molecule has 2 aromatic carbocycles. The van der Waals surface area contributed by atoms with Crippen LogP contribution in [0.25, 0.3) is 0 Å². The average Bonchev–Trinajstić information content (AvgIpc) is 3.08. The highest BCUT2D eigenvalue weighted by Crippen LogP contribution is 2.25. The number of anilines is 1. The van der Waals surface area contributed by atoms with Gasteiger partial charge < -0.3 is 10.1 Å². The number of hydrogen-bond donors (Lipinski definition) is 3. The van der Waals surface area contributed by atoms with Crippen LogP contribution in [0.2, 0.25) is 0 Å². The van der Waals surface area contributed by atoms with Crippen LogP contribution in [0.4, 0.5) is 5.69 Å². The van der Waals surface area contributed by atoms with E-state index in [0.717, 1.165) is 22.6 Å². The first-order valence-corrected chi connectivity index (χ1v) is 8.27. The summed E-state index contributed by atoms with van der Waals surface area (Å²) in [5.41, 5.74) is 9.34. The van der Waals surface area contributed by atoms with Crippen molar-refractivity contribution in [2.24, 2.45) is 0 Å². The molecule has 5 nitrogen and oxygen atoms in total. The van der Waals surface area contributed by atoms with E-state index in [9.17, 15) is 4.79 Å². The lowest BCUT2D eigenvalue weighted by Crippen LogP contribution is -2.39. The smallest absolute Gasteiger partial charge is 0.242 e. The number of amides is 1. The van der Waals surface area contributed by atoms with Crippen molar-refractivity contribution >= 4 is 11.6 Å². The summed E-state index contributed by atoms with van der Waals surface area (Å²) in [7, 11) is 0. The van der Waals surface area contributed by atoms with Gasteiger partial charge in [-0.2, -0.15) is 0 Å².